The number of nitrogens with two attached hydrogens (primary N) is 3. The minimum atomic E-state index is 0. The smallest absolute Gasteiger partial charge is 0.0637 e. The van der Waals surface area contributed by atoms with Crippen LogP contribution >= 0.6 is 49.6 Å². The monoisotopic (exact) mass is 879 g/mol. The van der Waals surface area contributed by atoms with E-state index in [2.05, 4.69) is 53.5 Å². The fourth-order valence-corrected chi connectivity index (χ4v) is 11.7. The van der Waals surface area contributed by atoms with E-state index in [1.54, 1.807) is 0 Å². The number of fused-ring (bicyclic) bond motifs is 5. The molecule has 11 atom stereocenters. The first-order valence-electron chi connectivity index (χ1n) is 22.8. The van der Waals surface area contributed by atoms with Crippen LogP contribution in [0.2, 0.25) is 0 Å². The summed E-state index contributed by atoms with van der Waals surface area (Å²) in [5.74, 6) is 4.05. The molecule has 0 amide bonds. The van der Waals surface area contributed by atoms with Crippen LogP contribution in [0.4, 0.5) is 0 Å². The Morgan fingerprint density at radius 3 is 1.75 bits per heavy atom. The SMILES string of the molecule is CCCCCN(C)CCCCC.CCCC[C@@H](C)[C@H]1CC[C@H]2[C@@H]3[C@H](OCCCN)C[C@@H]4C[C@H](OCCCN)CC[C@]4(C)[C@H]3C[C@H](OCCCN)[C@]12C.Cl.Cl.Cl.Cl. The normalized spacial score (nSPS) is 32.2. The van der Waals surface area contributed by atoms with Crippen LogP contribution in [-0.4, -0.2) is 82.8 Å². The number of hydrogen-bond acceptors (Lipinski definition) is 7. The Morgan fingerprint density at radius 1 is 0.643 bits per heavy atom. The first kappa shape index (κ1) is 59.0. The van der Waals surface area contributed by atoms with Crippen molar-refractivity contribution in [3.8, 4) is 0 Å². The molecule has 6 N–H and O–H groups in total. The molecule has 4 saturated carbocycles. The Morgan fingerprint density at radius 2 is 1.20 bits per heavy atom. The summed E-state index contributed by atoms with van der Waals surface area (Å²) in [4.78, 5) is 2.46. The minimum absolute atomic E-state index is 0. The maximum atomic E-state index is 6.95. The van der Waals surface area contributed by atoms with Gasteiger partial charge in [0.2, 0.25) is 0 Å². The predicted molar refractivity (Wildman–Crippen MR) is 250 cm³/mol. The second-order valence-corrected chi connectivity index (χ2v) is 18.3. The summed E-state index contributed by atoms with van der Waals surface area (Å²) in [7, 11) is 2.24. The molecule has 0 bridgehead atoms. The van der Waals surface area contributed by atoms with E-state index in [1.807, 2.05) is 0 Å². The molecule has 0 aromatic rings. The van der Waals surface area contributed by atoms with Gasteiger partial charge < -0.3 is 36.3 Å². The third-order valence-electron chi connectivity index (χ3n) is 14.8. The van der Waals surface area contributed by atoms with E-state index < -0.39 is 0 Å². The standard InChI is InChI=1S/C34H65N3O3.C11H25N.4ClH/c1-5-6-10-24(2)27-11-12-28-32-29(23-31(34(27,28)4)40-20-9-17-37)33(3)14-13-26(38-18-7-15-35)21-25(33)22-30(32)39-19-8-16-36;1-4-6-8-10-12(3)11-9-7-5-2;;;;/h24-32H,5-23,35-37H2,1-4H3;4-11H2,1-3H3;4*1H/t24-,25+,26-,27-,28+,29+,30-,31+,32+,33+,34-;;;;;/m1...../s1. The van der Waals surface area contributed by atoms with Crippen molar-refractivity contribution in [3.05, 3.63) is 0 Å². The van der Waals surface area contributed by atoms with E-state index in [0.29, 0.717) is 67.0 Å². The topological polar surface area (TPSA) is 109 Å². The summed E-state index contributed by atoms with van der Waals surface area (Å²) in [5.41, 5.74) is 18.2. The summed E-state index contributed by atoms with van der Waals surface area (Å²) in [6.07, 6.45) is 24.7. The lowest BCUT2D eigenvalue weighted by Crippen LogP contribution is -2.63. The third kappa shape index (κ3) is 16.3. The Labute approximate surface area is 372 Å². The van der Waals surface area contributed by atoms with Gasteiger partial charge in [0.1, 0.15) is 0 Å². The van der Waals surface area contributed by atoms with Crippen LogP contribution in [0.15, 0.2) is 0 Å². The van der Waals surface area contributed by atoms with Gasteiger partial charge in [-0.3, -0.25) is 0 Å². The first-order valence-corrected chi connectivity index (χ1v) is 22.8. The summed E-state index contributed by atoms with van der Waals surface area (Å²) in [5, 5.41) is 0. The van der Waals surface area contributed by atoms with Crippen molar-refractivity contribution >= 4 is 49.6 Å². The van der Waals surface area contributed by atoms with Crippen molar-refractivity contribution in [2.45, 2.75) is 182 Å². The van der Waals surface area contributed by atoms with Crippen LogP contribution in [0.3, 0.4) is 0 Å². The number of nitrogens with zero attached hydrogens (tertiary/aromatic N) is 1. The van der Waals surface area contributed by atoms with Gasteiger partial charge in [0.25, 0.3) is 0 Å². The van der Waals surface area contributed by atoms with E-state index in [0.717, 1.165) is 50.9 Å². The molecule has 0 aromatic carbocycles. The summed E-state index contributed by atoms with van der Waals surface area (Å²) < 4.78 is 20.2. The summed E-state index contributed by atoms with van der Waals surface area (Å²) in [6.45, 7) is 21.7. The molecule has 0 saturated heterocycles. The van der Waals surface area contributed by atoms with E-state index >= 15 is 0 Å². The lowest BCUT2D eigenvalue weighted by atomic mass is 9.43. The van der Waals surface area contributed by atoms with E-state index in [-0.39, 0.29) is 55.0 Å². The largest absolute Gasteiger partial charge is 0.378 e. The van der Waals surface area contributed by atoms with Gasteiger partial charge in [0.05, 0.1) is 18.3 Å². The molecule has 0 radical (unpaired) electrons. The average Bonchev–Trinajstić information content (AvgIpc) is 3.50. The summed E-state index contributed by atoms with van der Waals surface area (Å²) in [6, 6.07) is 0. The zero-order chi connectivity index (χ0) is 38.0. The van der Waals surface area contributed by atoms with Gasteiger partial charge in [-0.2, -0.15) is 0 Å². The Bertz CT molecular complexity index is 936. The second kappa shape index (κ2) is 31.7. The summed E-state index contributed by atoms with van der Waals surface area (Å²) >= 11 is 0. The minimum Gasteiger partial charge on any atom is -0.378 e. The Balaban J connectivity index is 0. The van der Waals surface area contributed by atoms with Crippen LogP contribution in [0.25, 0.3) is 0 Å². The van der Waals surface area contributed by atoms with Gasteiger partial charge in [-0.25, -0.2) is 0 Å². The molecule has 0 aromatic heterocycles. The molecule has 4 rings (SSSR count). The van der Waals surface area contributed by atoms with Crippen molar-refractivity contribution in [1.82, 2.24) is 4.90 Å². The maximum absolute atomic E-state index is 6.95. The van der Waals surface area contributed by atoms with Crippen LogP contribution in [0, 0.1) is 46.3 Å². The lowest BCUT2D eigenvalue weighted by molar-refractivity contribution is -0.227. The maximum Gasteiger partial charge on any atom is 0.0637 e. The van der Waals surface area contributed by atoms with Crippen LogP contribution < -0.4 is 17.2 Å². The fraction of sp³-hybridized carbons (Fsp3) is 1.00. The molecule has 4 aliphatic carbocycles. The quantitative estimate of drug-likeness (QED) is 0.0829. The van der Waals surface area contributed by atoms with Crippen molar-refractivity contribution in [3.63, 3.8) is 0 Å². The molecule has 4 fully saturated rings. The number of ether oxygens (including phenoxy) is 3. The highest BCUT2D eigenvalue weighted by atomic mass is 35.5. The molecule has 0 unspecified atom stereocenters. The van der Waals surface area contributed by atoms with E-state index in [1.165, 1.54) is 116 Å². The highest BCUT2D eigenvalue weighted by Gasteiger charge is 2.66. The zero-order valence-electron chi connectivity index (χ0n) is 37.3. The molecule has 0 aliphatic heterocycles. The first-order chi connectivity index (χ1) is 25.2. The van der Waals surface area contributed by atoms with Crippen LogP contribution in [0.1, 0.15) is 164 Å². The molecule has 56 heavy (non-hydrogen) atoms. The van der Waals surface area contributed by atoms with Gasteiger partial charge >= 0.3 is 0 Å². The fourth-order valence-electron chi connectivity index (χ4n) is 11.7. The number of hydrogen-bond donors (Lipinski definition) is 3. The van der Waals surface area contributed by atoms with Gasteiger partial charge in [-0.1, -0.05) is 86.5 Å². The van der Waals surface area contributed by atoms with Gasteiger partial charge in [0.15, 0.2) is 0 Å². The Hall–Kier alpha value is 0.880. The third-order valence-corrected chi connectivity index (χ3v) is 14.8. The van der Waals surface area contributed by atoms with E-state index in [9.17, 15) is 0 Å². The predicted octanol–water partition coefficient (Wildman–Crippen LogP) is 10.9. The number of halogens is 4. The van der Waals surface area contributed by atoms with Crippen molar-refractivity contribution in [2.24, 2.45) is 63.5 Å². The second-order valence-electron chi connectivity index (χ2n) is 18.3. The van der Waals surface area contributed by atoms with Crippen LogP contribution in [0.5, 0.6) is 0 Å². The molecule has 0 heterocycles. The molecule has 7 nitrogen and oxygen atoms in total. The van der Waals surface area contributed by atoms with Crippen molar-refractivity contribution < 1.29 is 14.2 Å². The molecule has 11 heteroatoms. The number of rotatable bonds is 24. The lowest BCUT2D eigenvalue weighted by Gasteiger charge is -2.65. The van der Waals surface area contributed by atoms with Crippen molar-refractivity contribution in [2.75, 3.05) is 59.6 Å². The van der Waals surface area contributed by atoms with Gasteiger partial charge in [-0.15, -0.1) is 49.6 Å². The Kier molecular flexibility index (Phi) is 33.4. The number of unbranched alkanes of at least 4 members (excludes halogenated alkanes) is 5. The van der Waals surface area contributed by atoms with Gasteiger partial charge in [-0.05, 0) is 158 Å². The molecular weight excluding hydrogens is 786 g/mol. The van der Waals surface area contributed by atoms with Crippen molar-refractivity contribution in [1.29, 1.82) is 0 Å². The molecule has 340 valence electrons. The van der Waals surface area contributed by atoms with E-state index in [4.69, 9.17) is 31.4 Å². The molecule has 4 aliphatic rings. The molecule has 0 spiro atoms. The van der Waals surface area contributed by atoms with Gasteiger partial charge in [0, 0.05) is 25.2 Å². The molecular formula is C45H94Cl4N4O3. The average molecular weight is 881 g/mol. The zero-order valence-corrected chi connectivity index (χ0v) is 40.6. The highest BCUT2D eigenvalue weighted by Crippen LogP contribution is 2.69. The van der Waals surface area contributed by atoms with Crippen LogP contribution in [-0.2, 0) is 14.2 Å². The highest BCUT2D eigenvalue weighted by molar-refractivity contribution is 5.86.